The molecule has 152 valence electrons. The fraction of sp³-hybridized carbons (Fsp3) is 0.179. The largest absolute Gasteiger partial charge is 0.461 e. The highest BCUT2D eigenvalue weighted by Gasteiger charge is 2.21. The third-order valence-corrected chi connectivity index (χ3v) is 6.11. The van der Waals surface area contributed by atoms with Gasteiger partial charge in [-0.05, 0) is 65.1 Å². The molecular formula is C28H23NO2. The number of aromatic nitrogens is 1. The Hall–Kier alpha value is -3.59. The molecule has 0 aliphatic carbocycles. The van der Waals surface area contributed by atoms with Gasteiger partial charge in [0.25, 0.3) is 0 Å². The Kier molecular flexibility index (Phi) is 3.64. The summed E-state index contributed by atoms with van der Waals surface area (Å²) in [4.78, 5) is 4.77. The van der Waals surface area contributed by atoms with E-state index in [1.807, 2.05) is 31.3 Å². The second-order valence-electron chi connectivity index (χ2n) is 9.34. The van der Waals surface area contributed by atoms with Crippen LogP contribution in [0, 0.1) is 6.92 Å². The Balaban J connectivity index is 1.71. The van der Waals surface area contributed by atoms with Crippen LogP contribution in [0.1, 0.15) is 32.1 Å². The summed E-state index contributed by atoms with van der Waals surface area (Å²) in [5.74, 6) is 0.899. The van der Waals surface area contributed by atoms with E-state index in [0.717, 1.165) is 49.9 Å². The van der Waals surface area contributed by atoms with Gasteiger partial charge in [-0.25, -0.2) is 0 Å². The number of hydrogen-bond donors (Lipinski definition) is 0. The van der Waals surface area contributed by atoms with Crippen LogP contribution in [0.4, 0.5) is 0 Å². The number of fused-ring (bicyclic) bond motifs is 6. The highest BCUT2D eigenvalue weighted by atomic mass is 16.3. The standard InChI is InChI=1S/C28H23NO2/c1-16-13-21-23(30-16)9-10-24-25(21)20-11-12-29-26(27(20)31-24)18-14-17-7-5-6-8-19(17)22(15-18)28(2,3)4/h5-15H,1-4H3. The van der Waals surface area contributed by atoms with Crippen LogP contribution < -0.4 is 0 Å². The van der Waals surface area contributed by atoms with E-state index in [4.69, 9.17) is 13.8 Å². The minimum Gasteiger partial charge on any atom is -0.461 e. The maximum absolute atomic E-state index is 6.39. The van der Waals surface area contributed by atoms with E-state index in [1.165, 1.54) is 16.3 Å². The molecule has 6 aromatic rings. The van der Waals surface area contributed by atoms with Crippen molar-refractivity contribution in [2.45, 2.75) is 33.1 Å². The van der Waals surface area contributed by atoms with Crippen LogP contribution in [0.5, 0.6) is 0 Å². The Morgan fingerprint density at radius 3 is 2.42 bits per heavy atom. The maximum Gasteiger partial charge on any atom is 0.161 e. The predicted molar refractivity (Wildman–Crippen MR) is 128 cm³/mol. The highest BCUT2D eigenvalue weighted by molar-refractivity contribution is 6.19. The third kappa shape index (κ3) is 2.70. The molecule has 3 heterocycles. The zero-order chi connectivity index (χ0) is 21.3. The van der Waals surface area contributed by atoms with Gasteiger partial charge in [-0.2, -0.15) is 0 Å². The first kappa shape index (κ1) is 18.2. The Morgan fingerprint density at radius 2 is 1.58 bits per heavy atom. The molecule has 0 bridgehead atoms. The molecule has 0 amide bonds. The minimum atomic E-state index is 0.0118. The molecule has 0 radical (unpaired) electrons. The number of pyridine rings is 1. The topological polar surface area (TPSA) is 39.2 Å². The summed E-state index contributed by atoms with van der Waals surface area (Å²) in [6.45, 7) is 8.74. The first-order valence-corrected chi connectivity index (χ1v) is 10.6. The van der Waals surface area contributed by atoms with E-state index in [-0.39, 0.29) is 5.41 Å². The zero-order valence-electron chi connectivity index (χ0n) is 18.1. The lowest BCUT2D eigenvalue weighted by atomic mass is 9.82. The molecule has 0 fully saturated rings. The van der Waals surface area contributed by atoms with E-state index >= 15 is 0 Å². The van der Waals surface area contributed by atoms with Gasteiger partial charge in [0.2, 0.25) is 0 Å². The molecule has 0 spiro atoms. The van der Waals surface area contributed by atoms with Crippen molar-refractivity contribution >= 4 is 43.7 Å². The summed E-state index contributed by atoms with van der Waals surface area (Å²) < 4.78 is 12.2. The zero-order valence-corrected chi connectivity index (χ0v) is 18.1. The Morgan fingerprint density at radius 1 is 0.774 bits per heavy atom. The monoisotopic (exact) mass is 405 g/mol. The lowest BCUT2D eigenvalue weighted by Gasteiger charge is -2.22. The van der Waals surface area contributed by atoms with Crippen LogP contribution in [-0.4, -0.2) is 4.98 Å². The number of hydrogen-bond acceptors (Lipinski definition) is 3. The molecular weight excluding hydrogens is 382 g/mol. The molecule has 0 aliphatic heterocycles. The summed E-state index contributed by atoms with van der Waals surface area (Å²) in [5.41, 5.74) is 5.83. The number of nitrogens with zero attached hydrogens (tertiary/aromatic N) is 1. The maximum atomic E-state index is 6.39. The summed E-state index contributed by atoms with van der Waals surface area (Å²) in [6, 6.07) is 21.2. The van der Waals surface area contributed by atoms with Crippen LogP contribution >= 0.6 is 0 Å². The van der Waals surface area contributed by atoms with Crippen molar-refractivity contribution in [1.29, 1.82) is 0 Å². The molecule has 31 heavy (non-hydrogen) atoms. The van der Waals surface area contributed by atoms with Crippen LogP contribution in [0.2, 0.25) is 0 Å². The number of aryl methyl sites for hydroxylation is 1. The molecule has 0 saturated heterocycles. The van der Waals surface area contributed by atoms with Gasteiger partial charge in [-0.1, -0.05) is 45.0 Å². The van der Waals surface area contributed by atoms with Gasteiger partial charge in [0.1, 0.15) is 22.6 Å². The molecule has 0 N–H and O–H groups in total. The van der Waals surface area contributed by atoms with Crippen LogP contribution in [-0.2, 0) is 5.41 Å². The van der Waals surface area contributed by atoms with E-state index < -0.39 is 0 Å². The number of furan rings is 2. The molecule has 0 aliphatic rings. The fourth-order valence-electron chi connectivity index (χ4n) is 4.71. The highest BCUT2D eigenvalue weighted by Crippen LogP contribution is 2.41. The fourth-order valence-corrected chi connectivity index (χ4v) is 4.71. The SMILES string of the molecule is Cc1cc2c(ccc3oc4c(-c5cc(C(C)(C)C)c6ccccc6c5)nccc4c32)o1. The van der Waals surface area contributed by atoms with Crippen LogP contribution in [0.15, 0.2) is 75.7 Å². The summed E-state index contributed by atoms with van der Waals surface area (Å²) in [5, 5.41) is 5.74. The van der Waals surface area contributed by atoms with Crippen molar-refractivity contribution in [2.24, 2.45) is 0 Å². The lowest BCUT2D eigenvalue weighted by molar-refractivity contribution is 0.578. The van der Waals surface area contributed by atoms with Gasteiger partial charge in [-0.3, -0.25) is 4.98 Å². The van der Waals surface area contributed by atoms with Crippen molar-refractivity contribution in [1.82, 2.24) is 4.98 Å². The molecule has 3 nitrogen and oxygen atoms in total. The smallest absolute Gasteiger partial charge is 0.161 e. The van der Waals surface area contributed by atoms with Crippen molar-refractivity contribution in [2.75, 3.05) is 0 Å². The third-order valence-electron chi connectivity index (χ3n) is 6.11. The first-order valence-electron chi connectivity index (χ1n) is 10.6. The van der Waals surface area contributed by atoms with Gasteiger partial charge in [-0.15, -0.1) is 0 Å². The average Bonchev–Trinajstić information content (AvgIpc) is 3.31. The number of rotatable bonds is 1. The molecule has 3 heteroatoms. The summed E-state index contributed by atoms with van der Waals surface area (Å²) in [7, 11) is 0. The van der Waals surface area contributed by atoms with Gasteiger partial charge < -0.3 is 8.83 Å². The van der Waals surface area contributed by atoms with Crippen LogP contribution in [0.3, 0.4) is 0 Å². The molecule has 0 saturated carbocycles. The van der Waals surface area contributed by atoms with E-state index in [1.54, 1.807) is 0 Å². The summed E-state index contributed by atoms with van der Waals surface area (Å²) >= 11 is 0. The minimum absolute atomic E-state index is 0.0118. The van der Waals surface area contributed by atoms with Gasteiger partial charge in [0.05, 0.1) is 0 Å². The summed E-state index contributed by atoms with van der Waals surface area (Å²) in [6.07, 6.45) is 1.88. The average molecular weight is 405 g/mol. The van der Waals surface area contributed by atoms with E-state index in [9.17, 15) is 0 Å². The second kappa shape index (κ2) is 6.21. The van der Waals surface area contributed by atoms with Gasteiger partial charge in [0, 0.05) is 27.9 Å². The first-order chi connectivity index (χ1) is 14.9. The van der Waals surface area contributed by atoms with Crippen molar-refractivity contribution < 1.29 is 8.83 Å². The molecule has 0 atom stereocenters. The normalized spacial score (nSPS) is 12.5. The van der Waals surface area contributed by atoms with Gasteiger partial charge in [0.15, 0.2) is 5.58 Å². The van der Waals surface area contributed by atoms with Crippen molar-refractivity contribution in [3.8, 4) is 11.3 Å². The predicted octanol–water partition coefficient (Wildman–Crippen LogP) is 8.15. The van der Waals surface area contributed by atoms with Crippen molar-refractivity contribution in [3.05, 3.63) is 78.2 Å². The van der Waals surface area contributed by atoms with E-state index in [2.05, 4.69) is 63.2 Å². The number of benzene rings is 3. The molecule has 3 aromatic carbocycles. The molecule has 6 rings (SSSR count). The van der Waals surface area contributed by atoms with Crippen molar-refractivity contribution in [3.63, 3.8) is 0 Å². The Bertz CT molecular complexity index is 1630. The lowest BCUT2D eigenvalue weighted by Crippen LogP contribution is -2.12. The molecule has 3 aromatic heterocycles. The molecule has 0 unspecified atom stereocenters. The van der Waals surface area contributed by atoms with E-state index in [0.29, 0.717) is 0 Å². The quantitative estimate of drug-likeness (QED) is 0.277. The second-order valence-corrected chi connectivity index (χ2v) is 9.34. The van der Waals surface area contributed by atoms with Crippen LogP contribution in [0.25, 0.3) is 54.9 Å². The Labute approximate surface area is 180 Å². The van der Waals surface area contributed by atoms with Gasteiger partial charge >= 0.3 is 0 Å².